The van der Waals surface area contributed by atoms with Crippen molar-refractivity contribution in [2.75, 3.05) is 10.6 Å². The molecule has 1 saturated carbocycles. The van der Waals surface area contributed by atoms with Crippen molar-refractivity contribution < 1.29 is 17.9 Å². The van der Waals surface area contributed by atoms with Gasteiger partial charge in [0.1, 0.15) is 17.9 Å². The average Bonchev–Trinajstić information content (AvgIpc) is 3.38. The standard InChI is InChI=1S/C18H12F3N7O/c19-18(20,21)29-15-4-3-12(5-10(15)7-22)26-16-6-14(25-11-1-2-11)17-24-9-13(8-23)28(17)27-16/h3-6,9,11,25H,1-2H2,(H,26,27). The van der Waals surface area contributed by atoms with E-state index in [9.17, 15) is 18.4 Å². The van der Waals surface area contributed by atoms with Gasteiger partial charge in [-0.3, -0.25) is 0 Å². The molecule has 2 heterocycles. The molecule has 1 aliphatic rings. The smallest absolute Gasteiger partial charge is 0.404 e. The van der Waals surface area contributed by atoms with E-state index in [1.54, 1.807) is 12.1 Å². The number of benzene rings is 1. The number of hydrogen-bond acceptors (Lipinski definition) is 7. The highest BCUT2D eigenvalue weighted by Crippen LogP contribution is 2.31. The molecule has 29 heavy (non-hydrogen) atoms. The molecule has 0 amide bonds. The Hall–Kier alpha value is -3.99. The van der Waals surface area contributed by atoms with Gasteiger partial charge in [0.15, 0.2) is 17.2 Å². The second-order valence-corrected chi connectivity index (χ2v) is 6.35. The first kappa shape index (κ1) is 18.4. The molecule has 1 aliphatic carbocycles. The summed E-state index contributed by atoms with van der Waals surface area (Å²) in [7, 11) is 0. The molecule has 0 radical (unpaired) electrons. The Bertz CT molecular complexity index is 1170. The van der Waals surface area contributed by atoms with Crippen molar-refractivity contribution in [3.05, 3.63) is 41.7 Å². The molecule has 0 saturated heterocycles. The lowest BCUT2D eigenvalue weighted by molar-refractivity contribution is -0.274. The van der Waals surface area contributed by atoms with E-state index in [1.807, 2.05) is 6.07 Å². The fraction of sp³-hybridized carbons (Fsp3) is 0.222. The number of halogens is 3. The summed E-state index contributed by atoms with van der Waals surface area (Å²) in [5.74, 6) is -0.269. The van der Waals surface area contributed by atoms with Crippen LogP contribution in [-0.2, 0) is 0 Å². The molecule has 2 N–H and O–H groups in total. The maximum Gasteiger partial charge on any atom is 0.573 e. The molecule has 0 spiro atoms. The molecule has 0 unspecified atom stereocenters. The minimum Gasteiger partial charge on any atom is -0.404 e. The van der Waals surface area contributed by atoms with Gasteiger partial charge in [0, 0.05) is 17.8 Å². The van der Waals surface area contributed by atoms with Gasteiger partial charge in [0.05, 0.1) is 17.4 Å². The van der Waals surface area contributed by atoms with Crippen molar-refractivity contribution in [1.29, 1.82) is 10.5 Å². The van der Waals surface area contributed by atoms with Crippen LogP contribution in [0.3, 0.4) is 0 Å². The van der Waals surface area contributed by atoms with Crippen LogP contribution in [0.2, 0.25) is 0 Å². The maximum absolute atomic E-state index is 12.4. The SMILES string of the molecule is N#Cc1cc(Nc2cc(NC3CC3)c3ncc(C#N)n3n2)ccc1OC(F)(F)F. The van der Waals surface area contributed by atoms with Gasteiger partial charge < -0.3 is 15.4 Å². The minimum atomic E-state index is -4.90. The second-order valence-electron chi connectivity index (χ2n) is 6.35. The number of aromatic nitrogens is 3. The molecule has 0 aliphatic heterocycles. The zero-order valence-electron chi connectivity index (χ0n) is 14.7. The monoisotopic (exact) mass is 399 g/mol. The fourth-order valence-electron chi connectivity index (χ4n) is 2.72. The normalized spacial score (nSPS) is 13.6. The topological polar surface area (TPSA) is 111 Å². The number of nitrogens with one attached hydrogen (secondary N) is 2. The van der Waals surface area contributed by atoms with E-state index in [0.717, 1.165) is 18.9 Å². The number of anilines is 3. The average molecular weight is 399 g/mol. The van der Waals surface area contributed by atoms with Gasteiger partial charge in [-0.2, -0.15) is 15.0 Å². The van der Waals surface area contributed by atoms with Crippen molar-refractivity contribution in [2.45, 2.75) is 25.2 Å². The molecule has 146 valence electrons. The van der Waals surface area contributed by atoms with Crippen LogP contribution in [-0.4, -0.2) is 27.0 Å². The summed E-state index contributed by atoms with van der Waals surface area (Å²) >= 11 is 0. The molecule has 2 aromatic heterocycles. The van der Waals surface area contributed by atoms with Crippen molar-refractivity contribution in [2.24, 2.45) is 0 Å². The highest BCUT2D eigenvalue weighted by Gasteiger charge is 2.32. The van der Waals surface area contributed by atoms with Crippen molar-refractivity contribution >= 4 is 22.8 Å². The van der Waals surface area contributed by atoms with Crippen LogP contribution in [0, 0.1) is 22.7 Å². The fourth-order valence-corrected chi connectivity index (χ4v) is 2.72. The molecule has 1 fully saturated rings. The maximum atomic E-state index is 12.4. The molecule has 1 aromatic carbocycles. The lowest BCUT2D eigenvalue weighted by atomic mass is 10.2. The quantitative estimate of drug-likeness (QED) is 0.673. The lowest BCUT2D eigenvalue weighted by Crippen LogP contribution is -2.17. The molecule has 4 rings (SSSR count). The zero-order valence-corrected chi connectivity index (χ0v) is 14.7. The molecule has 11 heteroatoms. The second kappa shape index (κ2) is 6.87. The van der Waals surface area contributed by atoms with Crippen LogP contribution in [0.5, 0.6) is 5.75 Å². The number of alkyl halides is 3. The molecular weight excluding hydrogens is 387 g/mol. The van der Waals surface area contributed by atoms with Gasteiger partial charge in [0.2, 0.25) is 0 Å². The third-order valence-corrected chi connectivity index (χ3v) is 4.12. The van der Waals surface area contributed by atoms with Crippen molar-refractivity contribution in [3.63, 3.8) is 0 Å². The Kier molecular flexibility index (Phi) is 4.35. The van der Waals surface area contributed by atoms with E-state index in [2.05, 4.69) is 25.5 Å². The van der Waals surface area contributed by atoms with Gasteiger partial charge in [-0.1, -0.05) is 0 Å². The summed E-state index contributed by atoms with van der Waals surface area (Å²) in [5.41, 5.74) is 1.44. The van der Waals surface area contributed by atoms with Crippen LogP contribution in [0.4, 0.5) is 30.4 Å². The number of nitriles is 2. The highest BCUT2D eigenvalue weighted by atomic mass is 19.4. The molecule has 3 aromatic rings. The van der Waals surface area contributed by atoms with Crippen molar-refractivity contribution in [1.82, 2.24) is 14.6 Å². The van der Waals surface area contributed by atoms with Gasteiger partial charge in [0.25, 0.3) is 0 Å². The predicted molar refractivity (Wildman–Crippen MR) is 95.5 cm³/mol. The van der Waals surface area contributed by atoms with E-state index in [1.165, 1.54) is 22.8 Å². The molecule has 8 nitrogen and oxygen atoms in total. The van der Waals surface area contributed by atoms with Gasteiger partial charge >= 0.3 is 6.36 Å². The lowest BCUT2D eigenvalue weighted by Gasteiger charge is -2.13. The molecule has 0 bridgehead atoms. The van der Waals surface area contributed by atoms with Crippen molar-refractivity contribution in [3.8, 4) is 17.9 Å². The van der Waals surface area contributed by atoms with E-state index in [0.29, 0.717) is 28.9 Å². The third kappa shape index (κ3) is 3.99. The first-order chi connectivity index (χ1) is 13.9. The van der Waals surface area contributed by atoms with E-state index >= 15 is 0 Å². The Balaban J connectivity index is 1.68. The van der Waals surface area contributed by atoms with Crippen LogP contribution in [0.1, 0.15) is 24.1 Å². The molecule has 0 atom stereocenters. The first-order valence-corrected chi connectivity index (χ1v) is 8.48. The number of fused-ring (bicyclic) bond motifs is 1. The Labute approximate surface area is 162 Å². The largest absolute Gasteiger partial charge is 0.573 e. The Morgan fingerprint density at radius 1 is 1.17 bits per heavy atom. The number of ether oxygens (including phenoxy) is 1. The number of imidazole rings is 1. The predicted octanol–water partition coefficient (Wildman–Crippen LogP) is 3.69. The van der Waals surface area contributed by atoms with Gasteiger partial charge in [-0.25, -0.2) is 4.98 Å². The van der Waals surface area contributed by atoms with Gasteiger partial charge in [-0.15, -0.1) is 18.3 Å². The summed E-state index contributed by atoms with van der Waals surface area (Å²) in [6.45, 7) is 0. The Morgan fingerprint density at radius 2 is 1.97 bits per heavy atom. The number of nitrogens with zero attached hydrogens (tertiary/aromatic N) is 5. The summed E-state index contributed by atoms with van der Waals surface area (Å²) in [6.07, 6.45) is -1.45. The summed E-state index contributed by atoms with van der Waals surface area (Å²) in [6, 6.07) is 9.29. The van der Waals surface area contributed by atoms with Gasteiger partial charge in [-0.05, 0) is 31.0 Å². The minimum absolute atomic E-state index is 0.231. The first-order valence-electron chi connectivity index (χ1n) is 8.48. The van der Waals surface area contributed by atoms with E-state index < -0.39 is 12.1 Å². The summed E-state index contributed by atoms with van der Waals surface area (Å²) in [4.78, 5) is 4.21. The Morgan fingerprint density at radius 3 is 2.62 bits per heavy atom. The zero-order chi connectivity index (χ0) is 20.6. The summed E-state index contributed by atoms with van der Waals surface area (Å²) in [5, 5.41) is 28.9. The highest BCUT2D eigenvalue weighted by molar-refractivity contribution is 5.74. The number of rotatable bonds is 5. The third-order valence-electron chi connectivity index (χ3n) is 4.12. The van der Waals surface area contributed by atoms with Crippen LogP contribution in [0.15, 0.2) is 30.5 Å². The van der Waals surface area contributed by atoms with E-state index in [-0.39, 0.29) is 11.3 Å². The van der Waals surface area contributed by atoms with Crippen LogP contribution >= 0.6 is 0 Å². The van der Waals surface area contributed by atoms with Crippen LogP contribution < -0.4 is 15.4 Å². The number of hydrogen-bond donors (Lipinski definition) is 2. The summed E-state index contributed by atoms with van der Waals surface area (Å²) < 4.78 is 42.6. The molecular formula is C18H12F3N7O. The van der Waals surface area contributed by atoms with Crippen LogP contribution in [0.25, 0.3) is 5.65 Å². The van der Waals surface area contributed by atoms with E-state index in [4.69, 9.17) is 5.26 Å².